The Balaban J connectivity index is 2.17. The molecule has 0 aliphatic carbocycles. The molecule has 0 radical (unpaired) electrons. The molecule has 1 aromatic heterocycles. The number of hydrogen-bond acceptors (Lipinski definition) is 2. The van der Waals surface area contributed by atoms with E-state index in [1.165, 1.54) is 6.07 Å². The fraction of sp³-hybridized carbons (Fsp3) is 0. The van der Waals surface area contributed by atoms with Crippen molar-refractivity contribution >= 4 is 44.5 Å². The third-order valence-electron chi connectivity index (χ3n) is 2.89. The summed E-state index contributed by atoms with van der Waals surface area (Å²) in [5, 5.41) is 9.55. The molecule has 1 heterocycles. The normalized spacial score (nSPS) is 10.9. The zero-order valence-electron chi connectivity index (χ0n) is 10.0. The molecular formula is C14H8BrClN2O2. The van der Waals surface area contributed by atoms with E-state index in [9.17, 15) is 4.79 Å². The van der Waals surface area contributed by atoms with E-state index in [-0.39, 0.29) is 5.56 Å². The summed E-state index contributed by atoms with van der Waals surface area (Å²) in [7, 11) is 0. The summed E-state index contributed by atoms with van der Waals surface area (Å²) in [4.78, 5) is 18.6. The molecule has 2 N–H and O–H groups in total. The summed E-state index contributed by atoms with van der Waals surface area (Å²) in [6.07, 6.45) is 0. The maximum absolute atomic E-state index is 11.0. The Morgan fingerprint density at radius 3 is 2.85 bits per heavy atom. The van der Waals surface area contributed by atoms with Crippen LogP contribution in [0.2, 0.25) is 5.02 Å². The van der Waals surface area contributed by atoms with Gasteiger partial charge in [-0.2, -0.15) is 0 Å². The molecule has 0 unspecified atom stereocenters. The number of H-pyrrole nitrogens is 1. The van der Waals surface area contributed by atoms with Gasteiger partial charge < -0.3 is 10.1 Å². The number of hydrogen-bond donors (Lipinski definition) is 2. The molecular weight excluding hydrogens is 344 g/mol. The first-order valence-electron chi connectivity index (χ1n) is 5.73. The van der Waals surface area contributed by atoms with Crippen molar-refractivity contribution in [3.05, 3.63) is 51.5 Å². The molecule has 0 atom stereocenters. The molecule has 0 amide bonds. The van der Waals surface area contributed by atoms with E-state index < -0.39 is 5.97 Å². The number of fused-ring (bicyclic) bond motifs is 1. The summed E-state index contributed by atoms with van der Waals surface area (Å²) in [6.45, 7) is 0. The van der Waals surface area contributed by atoms with Crippen molar-refractivity contribution in [3.63, 3.8) is 0 Å². The van der Waals surface area contributed by atoms with Crippen LogP contribution < -0.4 is 0 Å². The summed E-state index contributed by atoms with van der Waals surface area (Å²) >= 11 is 9.51. The number of halogens is 2. The summed E-state index contributed by atoms with van der Waals surface area (Å²) in [6, 6.07) is 10.2. The van der Waals surface area contributed by atoms with Crippen LogP contribution in [0.3, 0.4) is 0 Å². The lowest BCUT2D eigenvalue weighted by Gasteiger charge is -1.98. The Morgan fingerprint density at radius 2 is 2.10 bits per heavy atom. The van der Waals surface area contributed by atoms with Crippen molar-refractivity contribution in [2.45, 2.75) is 0 Å². The highest BCUT2D eigenvalue weighted by Gasteiger charge is 2.11. The van der Waals surface area contributed by atoms with Gasteiger partial charge in [-0.1, -0.05) is 39.7 Å². The van der Waals surface area contributed by atoms with Crippen LogP contribution >= 0.6 is 27.5 Å². The molecule has 20 heavy (non-hydrogen) atoms. The van der Waals surface area contributed by atoms with Crippen molar-refractivity contribution in [3.8, 4) is 11.4 Å². The third-order valence-corrected chi connectivity index (χ3v) is 3.63. The second-order valence-corrected chi connectivity index (χ2v) is 5.58. The van der Waals surface area contributed by atoms with Gasteiger partial charge in [-0.25, -0.2) is 9.78 Å². The van der Waals surface area contributed by atoms with E-state index in [0.717, 1.165) is 9.99 Å². The second-order valence-electron chi connectivity index (χ2n) is 4.26. The first-order chi connectivity index (χ1) is 9.54. The van der Waals surface area contributed by atoms with Gasteiger partial charge in [0, 0.05) is 10.0 Å². The third kappa shape index (κ3) is 2.30. The van der Waals surface area contributed by atoms with Gasteiger partial charge in [-0.05, 0) is 24.3 Å². The Morgan fingerprint density at radius 1 is 1.30 bits per heavy atom. The van der Waals surface area contributed by atoms with Crippen molar-refractivity contribution in [2.24, 2.45) is 0 Å². The van der Waals surface area contributed by atoms with Gasteiger partial charge in [0.25, 0.3) is 0 Å². The number of carbonyl (C=O) groups is 1. The predicted octanol–water partition coefficient (Wildman–Crippen LogP) is 4.34. The van der Waals surface area contributed by atoms with Gasteiger partial charge in [0.15, 0.2) is 0 Å². The Kier molecular flexibility index (Phi) is 3.23. The second kappa shape index (κ2) is 4.92. The van der Waals surface area contributed by atoms with Crippen LogP contribution in [0.25, 0.3) is 22.4 Å². The molecule has 4 nitrogen and oxygen atoms in total. The lowest BCUT2D eigenvalue weighted by molar-refractivity contribution is 0.0697. The van der Waals surface area contributed by atoms with Gasteiger partial charge in [-0.3, -0.25) is 0 Å². The fourth-order valence-corrected chi connectivity index (χ4v) is 2.83. The standard InChI is InChI=1S/C14H8BrClN2O2/c15-9-5-10(16)12-11(6-9)17-13(18-12)7-2-1-3-8(4-7)14(19)20/h1-6H,(H,17,18)(H,19,20). The number of aromatic carboxylic acids is 1. The lowest BCUT2D eigenvalue weighted by Crippen LogP contribution is -1.95. The zero-order valence-corrected chi connectivity index (χ0v) is 12.4. The Bertz CT molecular complexity index is 829. The van der Waals surface area contributed by atoms with Gasteiger partial charge in [0.1, 0.15) is 11.3 Å². The molecule has 0 fully saturated rings. The molecule has 2 aromatic carbocycles. The van der Waals surface area contributed by atoms with E-state index in [1.807, 2.05) is 6.07 Å². The zero-order chi connectivity index (χ0) is 14.3. The number of aromatic amines is 1. The summed E-state index contributed by atoms with van der Waals surface area (Å²) < 4.78 is 0.851. The molecule has 0 spiro atoms. The van der Waals surface area contributed by atoms with Crippen LogP contribution in [-0.2, 0) is 0 Å². The molecule has 0 saturated carbocycles. The minimum atomic E-state index is -0.969. The topological polar surface area (TPSA) is 66.0 Å². The molecule has 3 aromatic rings. The van der Waals surface area contributed by atoms with E-state index >= 15 is 0 Å². The Hall–Kier alpha value is -1.85. The minimum Gasteiger partial charge on any atom is -0.478 e. The van der Waals surface area contributed by atoms with E-state index in [0.29, 0.717) is 21.9 Å². The lowest BCUT2D eigenvalue weighted by atomic mass is 10.1. The first-order valence-corrected chi connectivity index (χ1v) is 6.90. The maximum Gasteiger partial charge on any atom is 0.335 e. The van der Waals surface area contributed by atoms with Gasteiger partial charge in [-0.15, -0.1) is 0 Å². The average Bonchev–Trinajstić information content (AvgIpc) is 2.83. The number of carboxylic acids is 1. The maximum atomic E-state index is 11.0. The molecule has 100 valence electrons. The highest BCUT2D eigenvalue weighted by Crippen LogP contribution is 2.29. The molecule has 6 heteroatoms. The fourth-order valence-electron chi connectivity index (χ4n) is 1.98. The van der Waals surface area contributed by atoms with E-state index in [4.69, 9.17) is 16.7 Å². The van der Waals surface area contributed by atoms with Crippen LogP contribution in [0.5, 0.6) is 0 Å². The highest BCUT2D eigenvalue weighted by molar-refractivity contribution is 9.10. The first kappa shape index (κ1) is 13.1. The summed E-state index contributed by atoms with van der Waals surface area (Å²) in [5.41, 5.74) is 2.37. The number of imidazole rings is 1. The average molecular weight is 352 g/mol. The Labute approximate surface area is 127 Å². The number of aromatic nitrogens is 2. The van der Waals surface area contributed by atoms with Crippen LogP contribution in [0.4, 0.5) is 0 Å². The van der Waals surface area contributed by atoms with Crippen molar-refractivity contribution in [1.82, 2.24) is 9.97 Å². The van der Waals surface area contributed by atoms with Crippen LogP contribution in [0.1, 0.15) is 10.4 Å². The molecule has 3 rings (SSSR count). The van der Waals surface area contributed by atoms with Crippen molar-refractivity contribution in [2.75, 3.05) is 0 Å². The smallest absolute Gasteiger partial charge is 0.335 e. The van der Waals surface area contributed by atoms with Gasteiger partial charge in [0.05, 0.1) is 16.1 Å². The monoisotopic (exact) mass is 350 g/mol. The molecule has 0 aliphatic heterocycles. The molecule has 0 saturated heterocycles. The number of nitrogens with zero attached hydrogens (tertiary/aromatic N) is 1. The quantitative estimate of drug-likeness (QED) is 0.721. The van der Waals surface area contributed by atoms with Gasteiger partial charge >= 0.3 is 5.97 Å². The number of carboxylic acid groups (broad SMARTS) is 1. The minimum absolute atomic E-state index is 0.218. The van der Waals surface area contributed by atoms with E-state index in [2.05, 4.69) is 25.9 Å². The van der Waals surface area contributed by atoms with Crippen molar-refractivity contribution in [1.29, 1.82) is 0 Å². The van der Waals surface area contributed by atoms with Crippen molar-refractivity contribution < 1.29 is 9.90 Å². The predicted molar refractivity (Wildman–Crippen MR) is 81.2 cm³/mol. The van der Waals surface area contributed by atoms with E-state index in [1.54, 1.807) is 24.3 Å². The highest BCUT2D eigenvalue weighted by atomic mass is 79.9. The van der Waals surface area contributed by atoms with Crippen LogP contribution in [0.15, 0.2) is 40.9 Å². The number of nitrogens with one attached hydrogen (secondary N) is 1. The molecule has 0 aliphatic rings. The van der Waals surface area contributed by atoms with Gasteiger partial charge in [0.2, 0.25) is 0 Å². The summed E-state index contributed by atoms with van der Waals surface area (Å²) in [5.74, 6) is -0.383. The molecule has 0 bridgehead atoms. The number of benzene rings is 2. The largest absolute Gasteiger partial charge is 0.478 e. The van der Waals surface area contributed by atoms with Crippen LogP contribution in [0, 0.1) is 0 Å². The van der Waals surface area contributed by atoms with Crippen LogP contribution in [-0.4, -0.2) is 21.0 Å². The SMILES string of the molecule is O=C(O)c1cccc(-c2nc3c(Cl)cc(Br)cc3[nH]2)c1. The number of rotatable bonds is 2.